The first-order valence-electron chi connectivity index (χ1n) is 8.83. The van der Waals surface area contributed by atoms with Gasteiger partial charge in [0, 0.05) is 11.6 Å². The number of carbonyl (C=O) groups is 3. The summed E-state index contributed by atoms with van der Waals surface area (Å²) in [5, 5.41) is 22.9. The fraction of sp³-hybridized carbons (Fsp3) is 0.250. The number of fused-ring (bicyclic) bond motifs is 1. The molecule has 2 aliphatic rings. The third-order valence-electron chi connectivity index (χ3n) is 5.41. The van der Waals surface area contributed by atoms with Crippen LogP contribution in [0.25, 0.3) is 0 Å². The Bertz CT molecular complexity index is 1010. The predicted molar refractivity (Wildman–Crippen MR) is 97.8 cm³/mol. The SMILES string of the molecule is COc1cccc([C@@H]2N[C@H](C(=O)O)[C@H]3C(=O)N(c4ccc(F)cc4)C(=O)[C@H]32)c1O. The van der Waals surface area contributed by atoms with Crippen LogP contribution < -0.4 is 15.0 Å². The van der Waals surface area contributed by atoms with Gasteiger partial charge in [-0.1, -0.05) is 12.1 Å². The normalized spacial score (nSPS) is 25.9. The Hall–Kier alpha value is -3.46. The molecule has 9 heteroatoms. The molecule has 2 aliphatic heterocycles. The van der Waals surface area contributed by atoms with E-state index in [1.54, 1.807) is 6.07 Å². The highest BCUT2D eigenvalue weighted by molar-refractivity contribution is 6.23. The van der Waals surface area contributed by atoms with Gasteiger partial charge in [0.1, 0.15) is 11.9 Å². The van der Waals surface area contributed by atoms with Crippen molar-refractivity contribution in [1.82, 2.24) is 5.32 Å². The van der Waals surface area contributed by atoms with Gasteiger partial charge in [0.05, 0.1) is 24.6 Å². The number of ether oxygens (including phenoxy) is 1. The number of carbonyl (C=O) groups excluding carboxylic acids is 2. The summed E-state index contributed by atoms with van der Waals surface area (Å²) in [4.78, 5) is 38.8. The van der Waals surface area contributed by atoms with E-state index in [0.717, 1.165) is 17.0 Å². The molecular weight excluding hydrogens is 383 g/mol. The minimum absolute atomic E-state index is 0.159. The molecule has 29 heavy (non-hydrogen) atoms. The zero-order valence-corrected chi connectivity index (χ0v) is 15.2. The van der Waals surface area contributed by atoms with Gasteiger partial charge in [-0.15, -0.1) is 0 Å². The molecule has 0 saturated carbocycles. The first-order chi connectivity index (χ1) is 13.8. The molecule has 2 aromatic rings. The maximum atomic E-state index is 13.3. The maximum Gasteiger partial charge on any atom is 0.321 e. The highest BCUT2D eigenvalue weighted by Crippen LogP contribution is 2.48. The molecule has 2 saturated heterocycles. The minimum atomic E-state index is -1.32. The number of benzene rings is 2. The number of para-hydroxylation sites is 1. The van der Waals surface area contributed by atoms with E-state index in [2.05, 4.69) is 5.32 Å². The van der Waals surface area contributed by atoms with Gasteiger partial charge in [-0.2, -0.15) is 0 Å². The number of carboxylic acid groups (broad SMARTS) is 1. The Morgan fingerprint density at radius 1 is 1.10 bits per heavy atom. The van der Waals surface area contributed by atoms with Crippen LogP contribution in [0, 0.1) is 17.7 Å². The summed E-state index contributed by atoms with van der Waals surface area (Å²) in [6.07, 6.45) is 0. The lowest BCUT2D eigenvalue weighted by atomic mass is 9.86. The number of phenols is 1. The average molecular weight is 400 g/mol. The standard InChI is InChI=1S/C20H17FN2O6/c1-29-12-4-2-3-11(17(12)24)15-13-14(16(22-15)20(27)28)19(26)23(18(13)25)10-7-5-9(21)6-8-10/h2-8,13-16,22,24H,1H3,(H,27,28)/t13-,14+,15+,16+/m1/s1. The van der Waals surface area contributed by atoms with Crippen LogP contribution in [0.5, 0.6) is 11.5 Å². The number of rotatable bonds is 4. The Balaban J connectivity index is 1.80. The minimum Gasteiger partial charge on any atom is -0.504 e. The molecule has 0 radical (unpaired) electrons. The van der Waals surface area contributed by atoms with Crippen molar-refractivity contribution in [3.63, 3.8) is 0 Å². The lowest BCUT2D eigenvalue weighted by Crippen LogP contribution is -2.43. The van der Waals surface area contributed by atoms with Gasteiger partial charge < -0.3 is 14.9 Å². The van der Waals surface area contributed by atoms with E-state index in [4.69, 9.17) is 4.74 Å². The number of hydrogen-bond donors (Lipinski definition) is 3. The fourth-order valence-electron chi connectivity index (χ4n) is 4.12. The topological polar surface area (TPSA) is 116 Å². The zero-order valence-electron chi connectivity index (χ0n) is 15.2. The van der Waals surface area contributed by atoms with Gasteiger partial charge in [0.2, 0.25) is 11.8 Å². The first-order valence-corrected chi connectivity index (χ1v) is 8.83. The van der Waals surface area contributed by atoms with Crippen molar-refractivity contribution in [2.24, 2.45) is 11.8 Å². The summed E-state index contributed by atoms with van der Waals surface area (Å²) < 4.78 is 18.3. The summed E-state index contributed by atoms with van der Waals surface area (Å²) in [5.41, 5.74) is 0.416. The molecule has 4 rings (SSSR count). The van der Waals surface area contributed by atoms with Gasteiger partial charge in [0.15, 0.2) is 11.5 Å². The van der Waals surface area contributed by atoms with Crippen molar-refractivity contribution < 1.29 is 33.7 Å². The van der Waals surface area contributed by atoms with Crippen LogP contribution >= 0.6 is 0 Å². The van der Waals surface area contributed by atoms with E-state index in [9.17, 15) is 29.0 Å². The first kappa shape index (κ1) is 18.9. The fourth-order valence-corrected chi connectivity index (χ4v) is 4.12. The summed E-state index contributed by atoms with van der Waals surface area (Å²) in [6, 6.07) is 7.21. The van der Waals surface area contributed by atoms with Crippen molar-refractivity contribution in [1.29, 1.82) is 0 Å². The van der Waals surface area contributed by atoms with Gasteiger partial charge in [0.25, 0.3) is 0 Å². The van der Waals surface area contributed by atoms with Gasteiger partial charge in [-0.25, -0.2) is 9.29 Å². The number of amides is 2. The number of anilines is 1. The van der Waals surface area contributed by atoms with E-state index >= 15 is 0 Å². The molecule has 4 atom stereocenters. The van der Waals surface area contributed by atoms with E-state index in [0.29, 0.717) is 0 Å². The van der Waals surface area contributed by atoms with Crippen molar-refractivity contribution in [3.8, 4) is 11.5 Å². The molecule has 2 heterocycles. The maximum absolute atomic E-state index is 13.3. The summed E-state index contributed by atoms with van der Waals surface area (Å²) in [5.74, 6) is -5.41. The number of aliphatic carboxylic acids is 1. The molecule has 0 aromatic heterocycles. The van der Waals surface area contributed by atoms with Crippen molar-refractivity contribution in [3.05, 3.63) is 53.8 Å². The lowest BCUT2D eigenvalue weighted by Gasteiger charge is -2.22. The highest BCUT2D eigenvalue weighted by Gasteiger charge is 2.61. The molecule has 2 fully saturated rings. The van der Waals surface area contributed by atoms with Crippen LogP contribution in [0.4, 0.5) is 10.1 Å². The number of phenolic OH excluding ortho intramolecular Hbond substituents is 1. The Morgan fingerprint density at radius 2 is 1.76 bits per heavy atom. The molecule has 0 spiro atoms. The number of carboxylic acids is 1. The predicted octanol–water partition coefficient (Wildman–Crippen LogP) is 1.44. The number of nitrogens with zero attached hydrogens (tertiary/aromatic N) is 1. The van der Waals surface area contributed by atoms with Gasteiger partial charge in [-0.3, -0.25) is 19.7 Å². The van der Waals surface area contributed by atoms with Crippen molar-refractivity contribution >= 4 is 23.5 Å². The number of halogens is 1. The number of nitrogens with one attached hydrogen (secondary N) is 1. The Morgan fingerprint density at radius 3 is 2.38 bits per heavy atom. The van der Waals surface area contributed by atoms with Gasteiger partial charge >= 0.3 is 5.97 Å². The third kappa shape index (κ3) is 2.82. The van der Waals surface area contributed by atoms with Crippen LogP contribution in [-0.4, -0.2) is 41.1 Å². The molecule has 3 N–H and O–H groups in total. The average Bonchev–Trinajstić information content (AvgIpc) is 3.20. The molecular formula is C20H17FN2O6. The summed E-state index contributed by atoms with van der Waals surface area (Å²) in [7, 11) is 1.37. The molecule has 2 amide bonds. The Labute approximate surface area is 164 Å². The van der Waals surface area contributed by atoms with E-state index in [-0.39, 0.29) is 22.7 Å². The van der Waals surface area contributed by atoms with E-state index in [1.165, 1.54) is 31.4 Å². The monoisotopic (exact) mass is 400 g/mol. The number of imide groups is 1. The molecule has 0 unspecified atom stereocenters. The van der Waals surface area contributed by atoms with Crippen LogP contribution in [0.2, 0.25) is 0 Å². The van der Waals surface area contributed by atoms with Crippen LogP contribution in [0.3, 0.4) is 0 Å². The molecule has 2 aromatic carbocycles. The second kappa shape index (κ2) is 6.85. The molecule has 0 aliphatic carbocycles. The second-order valence-corrected chi connectivity index (χ2v) is 6.90. The van der Waals surface area contributed by atoms with E-state index in [1.807, 2.05) is 0 Å². The number of methoxy groups -OCH3 is 1. The van der Waals surface area contributed by atoms with Crippen molar-refractivity contribution in [2.45, 2.75) is 12.1 Å². The third-order valence-corrected chi connectivity index (χ3v) is 5.41. The lowest BCUT2D eigenvalue weighted by molar-refractivity contribution is -0.142. The largest absolute Gasteiger partial charge is 0.504 e. The quantitative estimate of drug-likeness (QED) is 0.665. The van der Waals surface area contributed by atoms with E-state index < -0.39 is 47.5 Å². The summed E-state index contributed by atoms with van der Waals surface area (Å²) in [6.45, 7) is 0. The van der Waals surface area contributed by atoms with Crippen LogP contribution in [0.15, 0.2) is 42.5 Å². The zero-order chi connectivity index (χ0) is 20.9. The van der Waals surface area contributed by atoms with Crippen LogP contribution in [0.1, 0.15) is 11.6 Å². The molecule has 0 bridgehead atoms. The van der Waals surface area contributed by atoms with Gasteiger partial charge in [-0.05, 0) is 30.3 Å². The van der Waals surface area contributed by atoms with Crippen molar-refractivity contribution in [2.75, 3.05) is 12.0 Å². The Kier molecular flexibility index (Phi) is 4.46. The smallest absolute Gasteiger partial charge is 0.321 e. The number of aromatic hydroxyl groups is 1. The highest BCUT2D eigenvalue weighted by atomic mass is 19.1. The summed E-state index contributed by atoms with van der Waals surface area (Å²) >= 11 is 0. The number of hydrogen-bond acceptors (Lipinski definition) is 6. The second-order valence-electron chi connectivity index (χ2n) is 6.90. The molecule has 8 nitrogen and oxygen atoms in total. The molecule has 150 valence electrons. The van der Waals surface area contributed by atoms with Crippen LogP contribution in [-0.2, 0) is 14.4 Å².